The van der Waals surface area contributed by atoms with E-state index in [9.17, 15) is 29.6 Å². The minimum absolute atomic E-state index is 0.0156. The van der Waals surface area contributed by atoms with Gasteiger partial charge in [-0.25, -0.2) is 19.7 Å². The van der Waals surface area contributed by atoms with Crippen LogP contribution in [0.2, 0.25) is 0 Å². The second-order valence-electron chi connectivity index (χ2n) is 9.74. The van der Waals surface area contributed by atoms with Crippen molar-refractivity contribution < 1.29 is 29.3 Å². The molecule has 1 unspecified atom stereocenters. The molecular formula is C28H36N6O7. The van der Waals surface area contributed by atoms with Crippen molar-refractivity contribution >= 4 is 23.8 Å². The predicted molar refractivity (Wildman–Crippen MR) is 150 cm³/mol. The highest BCUT2D eigenvalue weighted by atomic mass is 16.7. The first-order valence-corrected chi connectivity index (χ1v) is 13.4. The molecule has 1 heterocycles. The van der Waals surface area contributed by atoms with E-state index in [0.717, 1.165) is 11.1 Å². The van der Waals surface area contributed by atoms with Crippen molar-refractivity contribution in [3.8, 4) is 0 Å². The fourth-order valence-electron chi connectivity index (χ4n) is 4.92. The molecule has 3 atom stereocenters. The van der Waals surface area contributed by atoms with Crippen LogP contribution >= 0.6 is 0 Å². The van der Waals surface area contributed by atoms with E-state index in [0.29, 0.717) is 17.9 Å². The predicted octanol–water partition coefficient (Wildman–Crippen LogP) is 1.72. The number of guanidine groups is 1. The molecule has 1 aliphatic rings. The number of carbonyl (C=O) groups is 3. The van der Waals surface area contributed by atoms with E-state index < -0.39 is 41.0 Å². The lowest BCUT2D eigenvalue weighted by Crippen LogP contribution is -2.58. The fourth-order valence-corrected chi connectivity index (χ4v) is 4.92. The third-order valence-corrected chi connectivity index (χ3v) is 6.91. The molecule has 0 radical (unpaired) electrons. The van der Waals surface area contributed by atoms with Crippen LogP contribution in [-0.2, 0) is 32.1 Å². The van der Waals surface area contributed by atoms with Gasteiger partial charge in [-0.15, -0.1) is 5.01 Å². The highest BCUT2D eigenvalue weighted by molar-refractivity contribution is 5.88. The molecule has 2 aromatic carbocycles. The summed E-state index contributed by atoms with van der Waals surface area (Å²) < 4.78 is 5.46. The molecule has 220 valence electrons. The van der Waals surface area contributed by atoms with E-state index >= 15 is 0 Å². The summed E-state index contributed by atoms with van der Waals surface area (Å²) >= 11 is 0. The molecule has 1 fully saturated rings. The van der Waals surface area contributed by atoms with Gasteiger partial charge in [0, 0.05) is 13.1 Å². The van der Waals surface area contributed by atoms with Gasteiger partial charge in [-0.05, 0) is 49.7 Å². The van der Waals surface area contributed by atoms with Crippen LogP contribution in [0, 0.1) is 10.1 Å². The Morgan fingerprint density at radius 2 is 1.68 bits per heavy atom. The average Bonchev–Trinajstić information content (AvgIpc) is 3.45. The van der Waals surface area contributed by atoms with Crippen LogP contribution in [0.3, 0.4) is 0 Å². The Balaban J connectivity index is 1.84. The van der Waals surface area contributed by atoms with Crippen molar-refractivity contribution in [2.45, 2.75) is 63.3 Å². The fraction of sp³-hybridized carbons (Fsp3) is 0.429. The second-order valence-corrected chi connectivity index (χ2v) is 9.74. The molecule has 1 saturated heterocycles. The maximum absolute atomic E-state index is 13.9. The number of aryl methyl sites for hydroxylation is 1. The highest BCUT2D eigenvalue weighted by Crippen LogP contribution is 2.25. The Hall–Kier alpha value is -4.68. The molecular weight excluding hydrogens is 532 g/mol. The van der Waals surface area contributed by atoms with Crippen molar-refractivity contribution in [2.24, 2.45) is 16.5 Å². The van der Waals surface area contributed by atoms with Crippen LogP contribution in [0.5, 0.6) is 0 Å². The van der Waals surface area contributed by atoms with Crippen molar-refractivity contribution in [3.63, 3.8) is 0 Å². The zero-order valence-electron chi connectivity index (χ0n) is 22.7. The molecule has 0 aliphatic carbocycles. The van der Waals surface area contributed by atoms with E-state index in [1.165, 1.54) is 4.90 Å². The Morgan fingerprint density at radius 1 is 1.05 bits per heavy atom. The molecule has 2 aromatic rings. The maximum atomic E-state index is 13.9. The molecule has 1 aliphatic heterocycles. The molecule has 0 bridgehead atoms. The molecule has 3 rings (SSSR count). The first-order valence-electron chi connectivity index (χ1n) is 13.4. The van der Waals surface area contributed by atoms with Gasteiger partial charge in [-0.3, -0.25) is 9.79 Å². The summed E-state index contributed by atoms with van der Waals surface area (Å²) in [4.78, 5) is 56.7. The van der Waals surface area contributed by atoms with E-state index in [4.69, 9.17) is 16.2 Å². The number of hydrazine groups is 1. The van der Waals surface area contributed by atoms with Gasteiger partial charge in [-0.2, -0.15) is 0 Å². The molecule has 41 heavy (non-hydrogen) atoms. The number of aliphatic carboxylic acids is 1. The Labute approximate surface area is 237 Å². The van der Waals surface area contributed by atoms with Gasteiger partial charge in [0.15, 0.2) is 23.1 Å². The molecule has 5 N–H and O–H groups in total. The van der Waals surface area contributed by atoms with Crippen molar-refractivity contribution in [1.82, 2.24) is 9.91 Å². The first-order chi connectivity index (χ1) is 19.7. The molecule has 13 nitrogen and oxygen atoms in total. The Morgan fingerprint density at radius 3 is 2.27 bits per heavy atom. The monoisotopic (exact) mass is 568 g/mol. The zero-order chi connectivity index (χ0) is 29.8. The van der Waals surface area contributed by atoms with Gasteiger partial charge in [0.1, 0.15) is 12.6 Å². The number of carbonyl (C=O) groups excluding carboxylic acids is 2. The number of benzene rings is 2. The number of nitrogens with zero attached hydrogens (tertiary/aromatic N) is 4. The van der Waals surface area contributed by atoms with E-state index in [-0.39, 0.29) is 51.3 Å². The number of nitro groups is 1. The smallest absolute Gasteiger partial charge is 0.332 e. The lowest BCUT2D eigenvalue weighted by Gasteiger charge is -2.32. The normalized spacial score (nSPS) is 15.9. The van der Waals surface area contributed by atoms with Crippen LogP contribution in [0.1, 0.15) is 43.2 Å². The molecule has 1 amide bonds. The summed E-state index contributed by atoms with van der Waals surface area (Å²) in [7, 11) is 0. The van der Waals surface area contributed by atoms with Crippen LogP contribution in [0.15, 0.2) is 65.7 Å². The lowest BCUT2D eigenvalue weighted by atomic mass is 10.0. The number of likely N-dealkylation sites (tertiary alicyclic amines) is 1. The topological polar surface area (TPSA) is 195 Å². The quantitative estimate of drug-likeness (QED) is 0.0711. The number of hydrogen-bond donors (Lipinski definition) is 3. The lowest BCUT2D eigenvalue weighted by molar-refractivity contribution is -0.667. The number of hydrogen-bond acceptors (Lipinski definition) is 7. The maximum Gasteiger partial charge on any atom is 0.332 e. The Bertz CT molecular complexity index is 1210. The van der Waals surface area contributed by atoms with Crippen LogP contribution in [-0.4, -0.2) is 75.1 Å². The Kier molecular flexibility index (Phi) is 11.4. The van der Waals surface area contributed by atoms with Gasteiger partial charge < -0.3 is 26.2 Å². The summed E-state index contributed by atoms with van der Waals surface area (Å²) in [6, 6.07) is 14.0. The van der Waals surface area contributed by atoms with Gasteiger partial charge in [0.05, 0.1) is 0 Å². The summed E-state index contributed by atoms with van der Waals surface area (Å²) in [5.41, 5.74) is 12.4. The number of carboxylic acids is 1. The van der Waals surface area contributed by atoms with E-state index in [1.807, 2.05) is 24.3 Å². The number of aliphatic imine (C=N–C) groups is 1. The van der Waals surface area contributed by atoms with Gasteiger partial charge >= 0.3 is 11.9 Å². The van der Waals surface area contributed by atoms with E-state index in [2.05, 4.69) is 4.99 Å². The number of esters is 1. The first kappa shape index (κ1) is 30.9. The van der Waals surface area contributed by atoms with Crippen molar-refractivity contribution in [2.75, 3.05) is 13.1 Å². The minimum atomic E-state index is -1.60. The largest absolute Gasteiger partial charge is 0.480 e. The average molecular weight is 569 g/mol. The zero-order valence-corrected chi connectivity index (χ0v) is 22.7. The summed E-state index contributed by atoms with van der Waals surface area (Å²) in [6.45, 7) is 0.283. The van der Waals surface area contributed by atoms with Crippen LogP contribution in [0.4, 0.5) is 0 Å². The number of rotatable bonds is 15. The molecule has 0 aromatic heterocycles. The van der Waals surface area contributed by atoms with E-state index in [1.54, 1.807) is 36.4 Å². The third kappa shape index (κ3) is 8.92. The molecule has 13 heteroatoms. The van der Waals surface area contributed by atoms with Crippen molar-refractivity contribution in [3.05, 3.63) is 81.9 Å². The molecule has 0 saturated carbocycles. The third-order valence-electron chi connectivity index (χ3n) is 6.91. The standard InChI is InChI=1S/C28H36N6O7/c29-28(30)31-17-7-13-22(33(34(39)40)23(26(36)37)16-15-20-9-3-1-4-10-20)25(35)32-18-8-14-24(32)27(38)41-19-21-11-5-2-6-12-21/h1-6,9-12,22-24H,7-8,13-19H2,(H,36,37)(H4,29,30,31)/t22-,23?,24-/m0/s1. The van der Waals surface area contributed by atoms with Gasteiger partial charge in [0.25, 0.3) is 5.91 Å². The van der Waals surface area contributed by atoms with Crippen LogP contribution in [0.25, 0.3) is 0 Å². The highest BCUT2D eigenvalue weighted by Gasteiger charge is 2.47. The summed E-state index contributed by atoms with van der Waals surface area (Å²) in [5.74, 6) is -2.94. The number of amides is 1. The van der Waals surface area contributed by atoms with Crippen molar-refractivity contribution in [1.29, 1.82) is 0 Å². The second kappa shape index (κ2) is 15.2. The number of carboxylic acid groups (broad SMARTS) is 1. The summed E-state index contributed by atoms with van der Waals surface area (Å²) in [5, 5.41) is 22.1. The number of nitrogens with two attached hydrogens (primary N) is 2. The number of ether oxygens (including phenoxy) is 1. The summed E-state index contributed by atoms with van der Waals surface area (Å²) in [6.07, 6.45) is 1.02. The molecule has 0 spiro atoms. The minimum Gasteiger partial charge on any atom is -0.480 e. The van der Waals surface area contributed by atoms with Gasteiger partial charge in [0.2, 0.25) is 0 Å². The SMILES string of the molecule is NC(N)=NCCC[C@@H](C(=O)N1CCC[C@H]1C(=O)OCc1ccccc1)N(C(CCc1ccccc1)C(=O)O)[N+](=O)[O-]. The van der Waals surface area contributed by atoms with Gasteiger partial charge in [-0.1, -0.05) is 60.7 Å². The van der Waals surface area contributed by atoms with Crippen LogP contribution < -0.4 is 11.5 Å².